The zero-order valence-corrected chi connectivity index (χ0v) is 21.2. The monoisotopic (exact) mass is 502 g/mol. The molecule has 1 atom stereocenters. The van der Waals surface area contributed by atoms with Crippen LogP contribution in [0.1, 0.15) is 21.5 Å². The summed E-state index contributed by atoms with van der Waals surface area (Å²) in [7, 11) is -2.24. The molecule has 0 saturated carbocycles. The van der Waals surface area contributed by atoms with Crippen LogP contribution in [0.15, 0.2) is 35.4 Å². The van der Waals surface area contributed by atoms with Crippen LogP contribution in [0.25, 0.3) is 0 Å². The third-order valence-electron chi connectivity index (χ3n) is 6.25. The van der Waals surface area contributed by atoms with Gasteiger partial charge in [-0.15, -0.1) is 0 Å². The van der Waals surface area contributed by atoms with E-state index < -0.39 is 15.9 Å². The lowest BCUT2D eigenvalue weighted by Gasteiger charge is -2.36. The molecule has 11 heteroatoms. The molecule has 35 heavy (non-hydrogen) atoms. The number of nitrogens with zero attached hydrogens (tertiary/aromatic N) is 4. The second-order valence-corrected chi connectivity index (χ2v) is 10.9. The van der Waals surface area contributed by atoms with Crippen molar-refractivity contribution >= 4 is 33.3 Å². The van der Waals surface area contributed by atoms with Gasteiger partial charge in [0.1, 0.15) is 12.4 Å². The van der Waals surface area contributed by atoms with E-state index in [9.17, 15) is 18.0 Å². The van der Waals surface area contributed by atoms with Crippen molar-refractivity contribution in [3.63, 3.8) is 0 Å². The van der Waals surface area contributed by atoms with Crippen molar-refractivity contribution < 1.29 is 27.5 Å². The van der Waals surface area contributed by atoms with E-state index in [4.69, 9.17) is 9.47 Å². The number of sulfone groups is 1. The quantitative estimate of drug-likeness (QED) is 0.590. The van der Waals surface area contributed by atoms with Gasteiger partial charge < -0.3 is 19.3 Å². The van der Waals surface area contributed by atoms with Gasteiger partial charge in [-0.3, -0.25) is 9.69 Å². The van der Waals surface area contributed by atoms with Crippen LogP contribution >= 0.6 is 0 Å². The molecule has 10 nitrogen and oxygen atoms in total. The Morgan fingerprint density at radius 3 is 2.51 bits per heavy atom. The van der Waals surface area contributed by atoms with Gasteiger partial charge in [-0.1, -0.05) is 6.07 Å². The first-order valence-electron chi connectivity index (χ1n) is 11.4. The van der Waals surface area contributed by atoms with Crippen molar-refractivity contribution in [2.24, 2.45) is 0 Å². The number of methoxy groups -OCH3 is 1. The first kappa shape index (κ1) is 24.9. The number of aryl methyl sites for hydroxylation is 2. The van der Waals surface area contributed by atoms with Gasteiger partial charge in [-0.25, -0.2) is 18.2 Å². The Morgan fingerprint density at radius 2 is 1.89 bits per heavy atom. The molecule has 1 aromatic heterocycles. The summed E-state index contributed by atoms with van der Waals surface area (Å²) in [5.74, 6) is 0.537. The summed E-state index contributed by atoms with van der Waals surface area (Å²) in [6.07, 6.45) is 2.30. The average Bonchev–Trinajstić information content (AvgIpc) is 3.18. The van der Waals surface area contributed by atoms with Gasteiger partial charge in [0.25, 0.3) is 5.91 Å². The maximum Gasteiger partial charge on any atom is 0.414 e. The van der Waals surface area contributed by atoms with Crippen molar-refractivity contribution in [3.05, 3.63) is 47.2 Å². The molecule has 0 N–H and O–H groups in total. The first-order valence-corrected chi connectivity index (χ1v) is 13.3. The van der Waals surface area contributed by atoms with Gasteiger partial charge in [-0.05, 0) is 43.2 Å². The van der Waals surface area contributed by atoms with Crippen LogP contribution in [0.5, 0.6) is 0 Å². The number of hydrogen-bond acceptors (Lipinski definition) is 8. The predicted molar refractivity (Wildman–Crippen MR) is 131 cm³/mol. The highest BCUT2D eigenvalue weighted by atomic mass is 32.2. The minimum absolute atomic E-state index is 0.0881. The third-order valence-corrected chi connectivity index (χ3v) is 7.38. The van der Waals surface area contributed by atoms with Crippen molar-refractivity contribution in [1.82, 2.24) is 9.88 Å². The molecule has 2 amide bonds. The van der Waals surface area contributed by atoms with Gasteiger partial charge in [0.05, 0.1) is 23.1 Å². The Hall–Kier alpha value is -3.18. The van der Waals surface area contributed by atoms with E-state index in [2.05, 4.69) is 16.0 Å². The topological polar surface area (TPSA) is 109 Å². The van der Waals surface area contributed by atoms with Crippen LogP contribution in [0.3, 0.4) is 0 Å². The van der Waals surface area contributed by atoms with Crippen LogP contribution in [-0.4, -0.2) is 89.1 Å². The molecule has 2 fully saturated rings. The smallest absolute Gasteiger partial charge is 0.414 e. The lowest BCUT2D eigenvalue weighted by atomic mass is 10.1. The van der Waals surface area contributed by atoms with Crippen LogP contribution in [0.4, 0.5) is 16.3 Å². The fraction of sp³-hybridized carbons (Fsp3) is 0.458. The number of amides is 2. The number of benzene rings is 1. The Morgan fingerprint density at radius 1 is 1.17 bits per heavy atom. The number of anilines is 2. The minimum Gasteiger partial charge on any atom is -0.447 e. The molecule has 2 aliphatic rings. The summed E-state index contributed by atoms with van der Waals surface area (Å²) in [6, 6.07) is 6.11. The maximum absolute atomic E-state index is 13.4. The van der Waals surface area contributed by atoms with Crippen LogP contribution < -0.4 is 9.80 Å². The molecular formula is C24H30N4O6S. The third kappa shape index (κ3) is 5.10. The number of aromatic nitrogens is 1. The van der Waals surface area contributed by atoms with E-state index in [1.165, 1.54) is 24.1 Å². The molecule has 4 rings (SSSR count). The second-order valence-electron chi connectivity index (χ2n) is 8.94. The Labute approximate surface area is 205 Å². The van der Waals surface area contributed by atoms with Gasteiger partial charge in [0, 0.05) is 51.4 Å². The zero-order valence-electron chi connectivity index (χ0n) is 20.4. The molecule has 0 aliphatic carbocycles. The van der Waals surface area contributed by atoms with E-state index in [-0.39, 0.29) is 35.6 Å². The highest BCUT2D eigenvalue weighted by Crippen LogP contribution is 2.29. The Balaban J connectivity index is 1.56. The van der Waals surface area contributed by atoms with Crippen molar-refractivity contribution in [3.8, 4) is 0 Å². The lowest BCUT2D eigenvalue weighted by molar-refractivity contribution is 0.0742. The van der Waals surface area contributed by atoms with Crippen LogP contribution in [0.2, 0.25) is 0 Å². The number of cyclic esters (lactones) is 1. The summed E-state index contributed by atoms with van der Waals surface area (Å²) in [5.41, 5.74) is 2.60. The Bertz CT molecular complexity index is 1240. The summed E-state index contributed by atoms with van der Waals surface area (Å²) >= 11 is 0. The average molecular weight is 503 g/mol. The molecule has 188 valence electrons. The van der Waals surface area contributed by atoms with Gasteiger partial charge in [0.15, 0.2) is 9.84 Å². The van der Waals surface area contributed by atoms with Crippen molar-refractivity contribution in [1.29, 1.82) is 0 Å². The normalized spacial score (nSPS) is 18.7. The molecule has 1 unspecified atom stereocenters. The van der Waals surface area contributed by atoms with Crippen molar-refractivity contribution in [2.75, 3.05) is 62.6 Å². The van der Waals surface area contributed by atoms with E-state index in [1.54, 1.807) is 11.0 Å². The summed E-state index contributed by atoms with van der Waals surface area (Å²) < 4.78 is 35.6. The molecule has 3 heterocycles. The predicted octanol–water partition coefficient (Wildman–Crippen LogP) is 2.04. The summed E-state index contributed by atoms with van der Waals surface area (Å²) in [6.45, 7) is 6.44. The lowest BCUT2D eigenvalue weighted by Crippen LogP contribution is -2.49. The number of rotatable bonds is 6. The van der Waals surface area contributed by atoms with E-state index in [0.717, 1.165) is 23.2 Å². The number of carbonyl (C=O) groups excluding carboxylic acids is 2. The standard InChI is InChI=1S/C24H30N4O6S/c1-16-11-17(2)22(25-13-16)26-7-9-27(10-8-26)23(29)20-6-5-18(12-21(20)35(4,31)32)28-19(14-33-3)15-34-24(28)30/h5-6,11-13,19H,7-10,14-15H2,1-4H3. The second kappa shape index (κ2) is 9.82. The number of pyridine rings is 1. The van der Waals surface area contributed by atoms with Crippen molar-refractivity contribution in [2.45, 2.75) is 24.8 Å². The number of carbonyl (C=O) groups is 2. The molecule has 0 radical (unpaired) electrons. The highest BCUT2D eigenvalue weighted by molar-refractivity contribution is 7.90. The number of hydrogen-bond donors (Lipinski definition) is 0. The first-order chi connectivity index (χ1) is 16.6. The van der Waals surface area contributed by atoms with E-state index in [0.29, 0.717) is 31.9 Å². The SMILES string of the molecule is COCC1COC(=O)N1c1ccc(C(=O)N2CCN(c3ncc(C)cc3C)CC2)c(S(C)(=O)=O)c1. The minimum atomic E-state index is -3.76. The zero-order chi connectivity index (χ0) is 25.3. The Kier molecular flexibility index (Phi) is 7.00. The fourth-order valence-electron chi connectivity index (χ4n) is 4.57. The maximum atomic E-state index is 13.4. The van der Waals surface area contributed by atoms with E-state index in [1.807, 2.05) is 20.0 Å². The largest absolute Gasteiger partial charge is 0.447 e. The summed E-state index contributed by atoms with van der Waals surface area (Å²) in [4.78, 5) is 35.3. The molecule has 2 aliphatic heterocycles. The number of piperazine rings is 1. The molecule has 0 spiro atoms. The highest BCUT2D eigenvalue weighted by Gasteiger charge is 2.36. The van der Waals surface area contributed by atoms with E-state index >= 15 is 0 Å². The van der Waals surface area contributed by atoms with Gasteiger partial charge in [-0.2, -0.15) is 0 Å². The van der Waals surface area contributed by atoms with Crippen LogP contribution in [0, 0.1) is 13.8 Å². The molecular weight excluding hydrogens is 472 g/mol. The van der Waals surface area contributed by atoms with Gasteiger partial charge >= 0.3 is 6.09 Å². The summed E-state index contributed by atoms with van der Waals surface area (Å²) in [5, 5.41) is 0. The number of ether oxygens (including phenoxy) is 2. The molecule has 2 saturated heterocycles. The van der Waals surface area contributed by atoms with Crippen LogP contribution in [-0.2, 0) is 19.3 Å². The molecule has 0 bridgehead atoms. The fourth-order valence-corrected chi connectivity index (χ4v) is 5.46. The molecule has 2 aromatic rings. The van der Waals surface area contributed by atoms with Gasteiger partial charge in [0.2, 0.25) is 0 Å². The molecule has 1 aromatic carbocycles.